The third-order valence-corrected chi connectivity index (χ3v) is 3.37. The molecule has 0 spiro atoms. The zero-order valence-electron chi connectivity index (χ0n) is 12.8. The van der Waals surface area contributed by atoms with E-state index in [1.54, 1.807) is 12.3 Å². The van der Waals surface area contributed by atoms with Crippen molar-refractivity contribution in [1.82, 2.24) is 4.98 Å². The van der Waals surface area contributed by atoms with Crippen molar-refractivity contribution in [2.45, 2.75) is 33.1 Å². The Morgan fingerprint density at radius 2 is 1.90 bits per heavy atom. The highest BCUT2D eigenvalue weighted by Gasteiger charge is 2.19. The van der Waals surface area contributed by atoms with Crippen molar-refractivity contribution in [2.24, 2.45) is 5.73 Å². The molecule has 1 heterocycles. The van der Waals surface area contributed by atoms with Gasteiger partial charge >= 0.3 is 0 Å². The molecule has 0 aliphatic rings. The smallest absolute Gasteiger partial charge is 0.145 e. The number of aryl methyl sites for hydroxylation is 1. The minimum Gasteiger partial charge on any atom is -0.455 e. The van der Waals surface area contributed by atoms with Gasteiger partial charge in [-0.3, -0.25) is 0 Å². The molecular weight excluding hydrogens is 280 g/mol. The lowest BCUT2D eigenvalue weighted by molar-refractivity contribution is 0.453. The summed E-state index contributed by atoms with van der Waals surface area (Å²) in [5.41, 5.74) is 8.47. The predicted octanol–water partition coefficient (Wildman–Crippen LogP) is 4.11. The monoisotopic (exact) mass is 300 g/mol. The molecule has 0 bridgehead atoms. The second-order valence-corrected chi connectivity index (χ2v) is 6.53. The van der Waals surface area contributed by atoms with E-state index in [2.05, 4.69) is 37.9 Å². The van der Waals surface area contributed by atoms with E-state index in [1.807, 2.05) is 19.1 Å². The first-order chi connectivity index (χ1) is 9.77. The molecule has 3 nitrogen and oxygen atoms in total. The number of pyridine rings is 1. The Morgan fingerprint density at radius 3 is 2.43 bits per heavy atom. The molecule has 110 valence electrons. The van der Waals surface area contributed by atoms with Gasteiger partial charge in [-0.25, -0.2) is 4.98 Å². The fourth-order valence-electron chi connectivity index (χ4n) is 2.05. The SMILES string of the molecule is Cc1ccc(C(C)(C)C)c(Oc2ccc(C(N)=S)nc2)c1. The summed E-state index contributed by atoms with van der Waals surface area (Å²) >= 11 is 4.90. The number of aromatic nitrogens is 1. The van der Waals surface area contributed by atoms with Crippen LogP contribution < -0.4 is 10.5 Å². The first-order valence-corrected chi connectivity index (χ1v) is 7.23. The van der Waals surface area contributed by atoms with Gasteiger partial charge in [0.15, 0.2) is 0 Å². The number of benzene rings is 1. The van der Waals surface area contributed by atoms with Crippen LogP contribution in [0.5, 0.6) is 11.5 Å². The third kappa shape index (κ3) is 3.79. The molecule has 0 unspecified atom stereocenters. The van der Waals surface area contributed by atoms with Crippen molar-refractivity contribution in [3.8, 4) is 11.5 Å². The lowest BCUT2D eigenvalue weighted by Gasteiger charge is -2.23. The van der Waals surface area contributed by atoms with Crippen molar-refractivity contribution in [1.29, 1.82) is 0 Å². The Morgan fingerprint density at radius 1 is 1.19 bits per heavy atom. The lowest BCUT2D eigenvalue weighted by Crippen LogP contribution is -2.13. The number of thiocarbonyl (C=S) groups is 1. The summed E-state index contributed by atoms with van der Waals surface area (Å²) in [5, 5.41) is 0. The molecule has 2 aromatic rings. The van der Waals surface area contributed by atoms with E-state index in [0.29, 0.717) is 11.4 Å². The van der Waals surface area contributed by atoms with Gasteiger partial charge in [0.25, 0.3) is 0 Å². The highest BCUT2D eigenvalue weighted by molar-refractivity contribution is 7.80. The maximum Gasteiger partial charge on any atom is 0.145 e. The average Bonchev–Trinajstić information content (AvgIpc) is 2.38. The van der Waals surface area contributed by atoms with Gasteiger partial charge in [-0.15, -0.1) is 0 Å². The molecule has 1 aromatic heterocycles. The fourth-order valence-corrected chi connectivity index (χ4v) is 2.17. The van der Waals surface area contributed by atoms with Gasteiger partial charge in [-0.2, -0.15) is 0 Å². The first-order valence-electron chi connectivity index (χ1n) is 6.82. The van der Waals surface area contributed by atoms with Gasteiger partial charge in [0, 0.05) is 5.56 Å². The molecule has 0 fully saturated rings. The Bertz CT molecular complexity index is 657. The predicted molar refractivity (Wildman–Crippen MR) is 90.1 cm³/mol. The molecule has 4 heteroatoms. The molecule has 21 heavy (non-hydrogen) atoms. The van der Waals surface area contributed by atoms with Gasteiger partial charge < -0.3 is 10.5 Å². The van der Waals surface area contributed by atoms with Crippen LogP contribution >= 0.6 is 12.2 Å². The Balaban J connectivity index is 2.34. The minimum atomic E-state index is 0.00915. The molecule has 0 saturated carbocycles. The van der Waals surface area contributed by atoms with Crippen molar-refractivity contribution in [3.05, 3.63) is 53.3 Å². The van der Waals surface area contributed by atoms with Gasteiger partial charge in [0.2, 0.25) is 0 Å². The van der Waals surface area contributed by atoms with E-state index in [9.17, 15) is 0 Å². The topological polar surface area (TPSA) is 48.1 Å². The highest BCUT2D eigenvalue weighted by Crippen LogP contribution is 2.34. The van der Waals surface area contributed by atoms with Crippen LogP contribution in [-0.4, -0.2) is 9.97 Å². The average molecular weight is 300 g/mol. The maximum atomic E-state index is 6.00. The zero-order valence-corrected chi connectivity index (χ0v) is 13.6. The van der Waals surface area contributed by atoms with Crippen molar-refractivity contribution >= 4 is 17.2 Å². The summed E-state index contributed by atoms with van der Waals surface area (Å²) in [6.45, 7) is 8.55. The summed E-state index contributed by atoms with van der Waals surface area (Å²) in [5.74, 6) is 1.53. The lowest BCUT2D eigenvalue weighted by atomic mass is 9.86. The molecule has 0 radical (unpaired) electrons. The summed E-state index contributed by atoms with van der Waals surface area (Å²) in [7, 11) is 0. The molecular formula is C17H20N2OS. The normalized spacial score (nSPS) is 11.2. The van der Waals surface area contributed by atoms with Crippen molar-refractivity contribution in [2.75, 3.05) is 0 Å². The molecule has 0 amide bonds. The van der Waals surface area contributed by atoms with Crippen LogP contribution in [0, 0.1) is 6.92 Å². The molecule has 0 atom stereocenters. The summed E-state index contributed by atoms with van der Waals surface area (Å²) in [6, 6.07) is 9.85. The van der Waals surface area contributed by atoms with Crippen LogP contribution in [0.4, 0.5) is 0 Å². The number of nitrogens with zero attached hydrogens (tertiary/aromatic N) is 1. The third-order valence-electron chi connectivity index (χ3n) is 3.16. The van der Waals surface area contributed by atoms with Crippen LogP contribution in [0.1, 0.15) is 37.6 Å². The van der Waals surface area contributed by atoms with Gasteiger partial charge in [-0.1, -0.05) is 45.1 Å². The summed E-state index contributed by atoms with van der Waals surface area (Å²) in [4.78, 5) is 4.48. The van der Waals surface area contributed by atoms with E-state index >= 15 is 0 Å². The van der Waals surface area contributed by atoms with Crippen molar-refractivity contribution < 1.29 is 4.74 Å². The molecule has 0 aliphatic carbocycles. The van der Waals surface area contributed by atoms with E-state index in [-0.39, 0.29) is 10.4 Å². The van der Waals surface area contributed by atoms with E-state index in [0.717, 1.165) is 16.9 Å². The number of ether oxygens (including phenoxy) is 1. The van der Waals surface area contributed by atoms with Gasteiger partial charge in [0.05, 0.1) is 11.9 Å². The number of nitrogens with two attached hydrogens (primary N) is 1. The Kier molecular flexibility index (Phi) is 4.28. The molecule has 2 N–H and O–H groups in total. The quantitative estimate of drug-likeness (QED) is 0.866. The van der Waals surface area contributed by atoms with Crippen LogP contribution in [0.3, 0.4) is 0 Å². The fraction of sp³-hybridized carbons (Fsp3) is 0.294. The van der Waals surface area contributed by atoms with Crippen LogP contribution in [-0.2, 0) is 5.41 Å². The standard InChI is InChI=1S/C17H20N2OS/c1-11-5-7-13(17(2,3)4)15(9-11)20-12-6-8-14(16(18)21)19-10-12/h5-10H,1-4H3,(H2,18,21). The first kappa shape index (κ1) is 15.4. The maximum absolute atomic E-state index is 6.00. The number of hydrogen-bond acceptors (Lipinski definition) is 3. The Labute approximate surface area is 131 Å². The van der Waals surface area contributed by atoms with Crippen LogP contribution in [0.2, 0.25) is 0 Å². The summed E-state index contributed by atoms with van der Waals surface area (Å²) < 4.78 is 6.00. The van der Waals surface area contributed by atoms with Gasteiger partial charge in [0.1, 0.15) is 16.5 Å². The van der Waals surface area contributed by atoms with Crippen molar-refractivity contribution in [3.63, 3.8) is 0 Å². The summed E-state index contributed by atoms with van der Waals surface area (Å²) in [6.07, 6.45) is 1.64. The van der Waals surface area contributed by atoms with Gasteiger partial charge in [-0.05, 0) is 36.1 Å². The number of rotatable bonds is 3. The van der Waals surface area contributed by atoms with E-state index in [1.165, 1.54) is 0 Å². The van der Waals surface area contributed by atoms with E-state index < -0.39 is 0 Å². The van der Waals surface area contributed by atoms with Crippen LogP contribution in [0.15, 0.2) is 36.5 Å². The highest BCUT2D eigenvalue weighted by atomic mass is 32.1. The minimum absolute atomic E-state index is 0.00915. The second-order valence-electron chi connectivity index (χ2n) is 6.10. The molecule has 0 saturated heterocycles. The van der Waals surface area contributed by atoms with E-state index in [4.69, 9.17) is 22.7 Å². The Hall–Kier alpha value is -1.94. The number of hydrogen-bond donors (Lipinski definition) is 1. The molecule has 2 rings (SSSR count). The second kappa shape index (κ2) is 5.82. The van der Waals surface area contributed by atoms with Crippen LogP contribution in [0.25, 0.3) is 0 Å². The largest absolute Gasteiger partial charge is 0.455 e. The zero-order chi connectivity index (χ0) is 15.6. The molecule has 1 aromatic carbocycles. The molecule has 0 aliphatic heterocycles.